The normalized spacial score (nSPS) is 24.0. The first kappa shape index (κ1) is 20.0. The lowest BCUT2D eigenvalue weighted by Gasteiger charge is -2.40. The zero-order valence-corrected chi connectivity index (χ0v) is 17.6. The van der Waals surface area contributed by atoms with Crippen molar-refractivity contribution in [1.82, 2.24) is 24.7 Å². The number of anilines is 1. The van der Waals surface area contributed by atoms with Gasteiger partial charge >= 0.3 is 0 Å². The van der Waals surface area contributed by atoms with E-state index in [9.17, 15) is 4.79 Å². The molecule has 0 amide bonds. The summed E-state index contributed by atoms with van der Waals surface area (Å²) in [6.07, 6.45) is 4.57. The lowest BCUT2D eigenvalue weighted by atomic mass is 9.97. The fourth-order valence-corrected chi connectivity index (χ4v) is 5.21. The van der Waals surface area contributed by atoms with E-state index in [0.29, 0.717) is 5.82 Å². The molecule has 0 saturated carbocycles. The van der Waals surface area contributed by atoms with Gasteiger partial charge in [0, 0.05) is 70.5 Å². The Morgan fingerprint density at radius 3 is 2.70 bits per heavy atom. The number of guanidine groups is 1. The molecule has 2 saturated heterocycles. The largest absolute Gasteiger partial charge is 0.354 e. The SMILES string of the molecule is CN=C(NCC1(N(C)C)CCSC1)N1CCN(c2nccn(C)c2=O)CC1. The van der Waals surface area contributed by atoms with Crippen LogP contribution in [-0.4, -0.2) is 96.2 Å². The summed E-state index contributed by atoms with van der Waals surface area (Å²) in [5, 5.41) is 3.60. The van der Waals surface area contributed by atoms with Crippen LogP contribution in [0.25, 0.3) is 0 Å². The molecule has 1 N–H and O–H groups in total. The molecule has 2 aliphatic heterocycles. The average molecular weight is 394 g/mol. The number of nitrogens with zero attached hydrogens (tertiary/aromatic N) is 6. The Kier molecular flexibility index (Phi) is 6.31. The minimum absolute atomic E-state index is 0.0416. The third kappa shape index (κ3) is 4.24. The van der Waals surface area contributed by atoms with Crippen molar-refractivity contribution in [2.24, 2.45) is 12.0 Å². The van der Waals surface area contributed by atoms with E-state index < -0.39 is 0 Å². The number of hydrogen-bond acceptors (Lipinski definition) is 6. The van der Waals surface area contributed by atoms with Gasteiger partial charge in [0.25, 0.3) is 5.56 Å². The van der Waals surface area contributed by atoms with Gasteiger partial charge in [0.05, 0.1) is 0 Å². The number of rotatable bonds is 4. The van der Waals surface area contributed by atoms with Gasteiger partial charge in [0.2, 0.25) is 0 Å². The van der Waals surface area contributed by atoms with Crippen molar-refractivity contribution in [3.63, 3.8) is 0 Å². The van der Waals surface area contributed by atoms with Crippen molar-refractivity contribution < 1.29 is 0 Å². The number of piperazine rings is 1. The molecule has 8 nitrogen and oxygen atoms in total. The second-order valence-electron chi connectivity index (χ2n) is 7.46. The zero-order valence-electron chi connectivity index (χ0n) is 16.8. The highest BCUT2D eigenvalue weighted by Gasteiger charge is 2.37. The second kappa shape index (κ2) is 8.52. The molecule has 9 heteroatoms. The van der Waals surface area contributed by atoms with Crippen LogP contribution in [0.3, 0.4) is 0 Å². The van der Waals surface area contributed by atoms with Crippen LogP contribution in [0.2, 0.25) is 0 Å². The maximum atomic E-state index is 12.3. The van der Waals surface area contributed by atoms with Gasteiger partial charge in [-0.15, -0.1) is 0 Å². The molecule has 0 aromatic carbocycles. The number of nitrogens with one attached hydrogen (secondary N) is 1. The van der Waals surface area contributed by atoms with Gasteiger partial charge in [-0.2, -0.15) is 11.8 Å². The smallest absolute Gasteiger partial charge is 0.293 e. The van der Waals surface area contributed by atoms with Gasteiger partial charge in [-0.3, -0.25) is 9.79 Å². The van der Waals surface area contributed by atoms with Crippen LogP contribution in [0.5, 0.6) is 0 Å². The first-order valence-corrected chi connectivity index (χ1v) is 10.6. The maximum Gasteiger partial charge on any atom is 0.293 e. The van der Waals surface area contributed by atoms with Crippen molar-refractivity contribution in [3.8, 4) is 0 Å². The second-order valence-corrected chi connectivity index (χ2v) is 8.57. The molecule has 2 aliphatic rings. The predicted molar refractivity (Wildman–Crippen MR) is 113 cm³/mol. The molecule has 3 rings (SSSR count). The molecular weight excluding hydrogens is 362 g/mol. The van der Waals surface area contributed by atoms with E-state index in [4.69, 9.17) is 0 Å². The first-order valence-electron chi connectivity index (χ1n) is 9.44. The molecule has 150 valence electrons. The van der Waals surface area contributed by atoms with Crippen molar-refractivity contribution >= 4 is 23.5 Å². The van der Waals surface area contributed by atoms with Crippen LogP contribution < -0.4 is 15.8 Å². The molecule has 2 fully saturated rings. The summed E-state index contributed by atoms with van der Waals surface area (Å²) < 4.78 is 1.58. The van der Waals surface area contributed by atoms with E-state index in [1.807, 2.05) is 18.8 Å². The van der Waals surface area contributed by atoms with E-state index in [2.05, 4.69) is 44.1 Å². The minimum Gasteiger partial charge on any atom is -0.354 e. The number of hydrogen-bond donors (Lipinski definition) is 1. The fraction of sp³-hybridized carbons (Fsp3) is 0.722. The van der Waals surface area contributed by atoms with E-state index in [-0.39, 0.29) is 11.1 Å². The Bertz CT molecular complexity index is 719. The molecular formula is C18H31N7OS. The summed E-state index contributed by atoms with van der Waals surface area (Å²) in [7, 11) is 7.94. The number of aromatic nitrogens is 2. The number of aliphatic imine (C=N–C) groups is 1. The molecule has 0 bridgehead atoms. The highest BCUT2D eigenvalue weighted by molar-refractivity contribution is 7.99. The van der Waals surface area contributed by atoms with Gasteiger partial charge in [-0.05, 0) is 26.3 Å². The van der Waals surface area contributed by atoms with Crippen molar-refractivity contribution in [2.45, 2.75) is 12.0 Å². The maximum absolute atomic E-state index is 12.3. The summed E-state index contributed by atoms with van der Waals surface area (Å²) in [5.41, 5.74) is 0.155. The summed E-state index contributed by atoms with van der Waals surface area (Å²) in [4.78, 5) is 27.8. The van der Waals surface area contributed by atoms with E-state index in [0.717, 1.165) is 44.4 Å². The zero-order chi connectivity index (χ0) is 19.4. The van der Waals surface area contributed by atoms with Gasteiger partial charge in [-0.1, -0.05) is 0 Å². The number of thioether (sulfide) groups is 1. The average Bonchev–Trinajstić information content (AvgIpc) is 3.15. The molecule has 0 aliphatic carbocycles. The topological polar surface area (TPSA) is 69.0 Å². The monoisotopic (exact) mass is 393 g/mol. The first-order chi connectivity index (χ1) is 13.0. The number of aryl methyl sites for hydroxylation is 1. The Morgan fingerprint density at radius 2 is 2.11 bits per heavy atom. The molecule has 0 radical (unpaired) electrons. The van der Waals surface area contributed by atoms with Crippen molar-refractivity contribution in [1.29, 1.82) is 0 Å². The van der Waals surface area contributed by atoms with Crippen LogP contribution in [-0.2, 0) is 7.05 Å². The van der Waals surface area contributed by atoms with Crippen LogP contribution in [0, 0.1) is 0 Å². The predicted octanol–water partition coefficient (Wildman–Crippen LogP) is -0.0850. The molecule has 3 heterocycles. The van der Waals surface area contributed by atoms with Crippen LogP contribution in [0.4, 0.5) is 5.82 Å². The van der Waals surface area contributed by atoms with E-state index >= 15 is 0 Å². The fourth-order valence-electron chi connectivity index (χ4n) is 3.65. The standard InChI is InChI=1S/C18H31N7OS/c1-19-17(21-13-18(22(2)3)5-12-27-14-18)25-10-8-24(9-11-25)15-16(26)23(4)7-6-20-15/h6-7H,5,8-14H2,1-4H3,(H,19,21). The Hall–Kier alpha value is -1.74. The Balaban J connectivity index is 1.59. The van der Waals surface area contributed by atoms with Crippen LogP contribution >= 0.6 is 11.8 Å². The minimum atomic E-state index is -0.0416. The van der Waals surface area contributed by atoms with Crippen LogP contribution in [0.1, 0.15) is 6.42 Å². The lowest BCUT2D eigenvalue weighted by molar-refractivity contribution is 0.181. The quantitative estimate of drug-likeness (QED) is 0.567. The van der Waals surface area contributed by atoms with Gasteiger partial charge in [0.1, 0.15) is 0 Å². The molecule has 1 unspecified atom stereocenters. The summed E-state index contributed by atoms with van der Waals surface area (Å²) in [6, 6.07) is 0. The molecule has 1 aromatic heterocycles. The van der Waals surface area contributed by atoms with E-state index in [1.165, 1.54) is 12.2 Å². The van der Waals surface area contributed by atoms with Gasteiger partial charge in [-0.25, -0.2) is 4.98 Å². The Labute approximate surface area is 165 Å². The lowest BCUT2D eigenvalue weighted by Crippen LogP contribution is -2.58. The van der Waals surface area contributed by atoms with E-state index in [1.54, 1.807) is 24.0 Å². The molecule has 1 aromatic rings. The highest BCUT2D eigenvalue weighted by atomic mass is 32.2. The Morgan fingerprint density at radius 1 is 1.37 bits per heavy atom. The summed E-state index contributed by atoms with van der Waals surface area (Å²) >= 11 is 2.02. The van der Waals surface area contributed by atoms with Crippen LogP contribution in [0.15, 0.2) is 22.2 Å². The molecule has 0 spiro atoms. The third-order valence-electron chi connectivity index (χ3n) is 5.70. The number of likely N-dealkylation sites (N-methyl/N-ethyl adjacent to an activating group) is 1. The van der Waals surface area contributed by atoms with Gasteiger partial charge < -0.3 is 24.6 Å². The molecule has 27 heavy (non-hydrogen) atoms. The van der Waals surface area contributed by atoms with Crippen molar-refractivity contribution in [2.75, 3.05) is 70.3 Å². The molecule has 1 atom stereocenters. The van der Waals surface area contributed by atoms with Gasteiger partial charge in [0.15, 0.2) is 11.8 Å². The highest BCUT2D eigenvalue weighted by Crippen LogP contribution is 2.31. The van der Waals surface area contributed by atoms with Crippen molar-refractivity contribution in [3.05, 3.63) is 22.7 Å². The summed E-state index contributed by atoms with van der Waals surface area (Å²) in [6.45, 7) is 4.08. The third-order valence-corrected chi connectivity index (χ3v) is 6.93. The summed E-state index contributed by atoms with van der Waals surface area (Å²) in [5.74, 6) is 3.86.